The van der Waals surface area contributed by atoms with Gasteiger partial charge in [-0.15, -0.1) is 0 Å². The normalized spacial score (nSPS) is 20.0. The summed E-state index contributed by atoms with van der Waals surface area (Å²) in [5.74, 6) is -0.584. The van der Waals surface area contributed by atoms with E-state index in [2.05, 4.69) is 10.5 Å². The summed E-state index contributed by atoms with van der Waals surface area (Å²) in [5.41, 5.74) is 1.93. The Morgan fingerprint density at radius 1 is 1.32 bits per heavy atom. The Morgan fingerprint density at radius 3 is 2.79 bits per heavy atom. The van der Waals surface area contributed by atoms with Crippen LogP contribution in [0.4, 0.5) is 13.2 Å². The number of aryl methyl sites for hydroxylation is 2. The van der Waals surface area contributed by atoms with Crippen LogP contribution in [0.1, 0.15) is 53.1 Å². The summed E-state index contributed by atoms with van der Waals surface area (Å²) in [7, 11) is 0. The van der Waals surface area contributed by atoms with E-state index in [9.17, 15) is 18.0 Å². The number of benzene rings is 1. The minimum atomic E-state index is -4.21. The summed E-state index contributed by atoms with van der Waals surface area (Å²) in [6.45, 7) is 3.86. The van der Waals surface area contributed by atoms with Crippen molar-refractivity contribution in [3.63, 3.8) is 0 Å². The highest BCUT2D eigenvalue weighted by Crippen LogP contribution is 2.37. The number of halogens is 3. The average Bonchev–Trinajstić information content (AvgIpc) is 2.97. The van der Waals surface area contributed by atoms with Crippen LogP contribution in [0, 0.1) is 19.8 Å². The van der Waals surface area contributed by atoms with Crippen LogP contribution in [-0.4, -0.2) is 23.3 Å². The first kappa shape index (κ1) is 20.2. The first-order valence-corrected chi connectivity index (χ1v) is 9.26. The molecule has 0 radical (unpaired) electrons. The van der Waals surface area contributed by atoms with Gasteiger partial charge >= 0.3 is 6.18 Å². The van der Waals surface area contributed by atoms with Crippen molar-refractivity contribution in [1.82, 2.24) is 10.5 Å². The number of amides is 1. The molecular weight excluding hydrogens is 373 g/mol. The van der Waals surface area contributed by atoms with Gasteiger partial charge in [0.2, 0.25) is 0 Å². The van der Waals surface area contributed by atoms with Crippen LogP contribution in [0.15, 0.2) is 28.8 Å². The van der Waals surface area contributed by atoms with Gasteiger partial charge in [0.15, 0.2) is 0 Å². The van der Waals surface area contributed by atoms with Gasteiger partial charge in [-0.1, -0.05) is 17.6 Å². The van der Waals surface area contributed by atoms with Gasteiger partial charge in [0.05, 0.1) is 17.2 Å². The van der Waals surface area contributed by atoms with Crippen molar-refractivity contribution in [2.75, 3.05) is 0 Å². The molecule has 0 bridgehead atoms. The Kier molecular flexibility index (Phi) is 5.96. The van der Waals surface area contributed by atoms with Crippen LogP contribution in [0.5, 0.6) is 5.75 Å². The Bertz CT molecular complexity index is 813. The second-order valence-electron chi connectivity index (χ2n) is 7.19. The molecule has 152 valence electrons. The Morgan fingerprint density at radius 2 is 2.11 bits per heavy atom. The van der Waals surface area contributed by atoms with E-state index in [1.165, 1.54) is 0 Å². The molecule has 8 heteroatoms. The van der Waals surface area contributed by atoms with Crippen molar-refractivity contribution in [3.05, 3.63) is 46.8 Å². The average molecular weight is 396 g/mol. The van der Waals surface area contributed by atoms with Gasteiger partial charge in [0.25, 0.3) is 5.91 Å². The molecular formula is C20H23F3N2O3. The maximum absolute atomic E-state index is 12.9. The second-order valence-corrected chi connectivity index (χ2v) is 7.19. The number of ether oxygens (including phenoxy) is 1. The van der Waals surface area contributed by atoms with E-state index in [1.807, 2.05) is 6.92 Å². The standard InChI is InChI=1S/C20H23F3N2O3/c1-12-18(13(2)28-25-12)11-27-17-8-3-5-14(9-17)19(26)24-16-7-4-6-15(10-16)20(21,22)23/h3,5,8-9,15-16H,4,6-7,10-11H2,1-2H3,(H,24,26). The molecule has 28 heavy (non-hydrogen) atoms. The quantitative estimate of drug-likeness (QED) is 0.794. The third kappa shape index (κ3) is 4.85. The summed E-state index contributed by atoms with van der Waals surface area (Å²) < 4.78 is 49.7. The number of hydrogen-bond donors (Lipinski definition) is 1. The van der Waals surface area contributed by atoms with E-state index < -0.39 is 24.0 Å². The molecule has 1 N–H and O–H groups in total. The van der Waals surface area contributed by atoms with Crippen LogP contribution >= 0.6 is 0 Å². The highest BCUT2D eigenvalue weighted by atomic mass is 19.4. The van der Waals surface area contributed by atoms with Gasteiger partial charge in [0, 0.05) is 11.6 Å². The molecule has 2 aromatic rings. The minimum absolute atomic E-state index is 0.0720. The summed E-state index contributed by atoms with van der Waals surface area (Å²) in [6, 6.07) is 6.12. The van der Waals surface area contributed by atoms with Gasteiger partial charge in [0.1, 0.15) is 18.1 Å². The van der Waals surface area contributed by atoms with Crippen molar-refractivity contribution in [3.8, 4) is 5.75 Å². The molecule has 1 aromatic heterocycles. The van der Waals surface area contributed by atoms with Crippen LogP contribution in [0.25, 0.3) is 0 Å². The molecule has 1 aliphatic rings. The monoisotopic (exact) mass is 396 g/mol. The van der Waals surface area contributed by atoms with Crippen LogP contribution in [0.2, 0.25) is 0 Å². The number of nitrogens with one attached hydrogen (secondary N) is 1. The molecule has 5 nitrogen and oxygen atoms in total. The Hall–Kier alpha value is -2.51. The van der Waals surface area contributed by atoms with Gasteiger partial charge in [-0.05, 0) is 51.3 Å². The van der Waals surface area contributed by atoms with E-state index in [0.29, 0.717) is 29.9 Å². The minimum Gasteiger partial charge on any atom is -0.489 e. The molecule has 1 amide bonds. The summed E-state index contributed by atoms with van der Waals surface area (Å²) in [5, 5.41) is 6.60. The van der Waals surface area contributed by atoms with Crippen molar-refractivity contribution in [2.45, 2.75) is 58.4 Å². The fourth-order valence-corrected chi connectivity index (χ4v) is 3.48. The highest BCUT2D eigenvalue weighted by molar-refractivity contribution is 5.94. The molecule has 1 heterocycles. The van der Waals surface area contributed by atoms with Gasteiger partial charge in [-0.25, -0.2) is 0 Å². The van der Waals surface area contributed by atoms with E-state index >= 15 is 0 Å². The van der Waals surface area contributed by atoms with Gasteiger partial charge < -0.3 is 14.6 Å². The van der Waals surface area contributed by atoms with E-state index in [4.69, 9.17) is 9.26 Å². The molecule has 1 aromatic carbocycles. The van der Waals surface area contributed by atoms with Crippen LogP contribution in [-0.2, 0) is 6.61 Å². The lowest BCUT2D eigenvalue weighted by Crippen LogP contribution is -2.41. The zero-order chi connectivity index (χ0) is 20.3. The zero-order valence-corrected chi connectivity index (χ0v) is 15.8. The largest absolute Gasteiger partial charge is 0.489 e. The summed E-state index contributed by atoms with van der Waals surface area (Å²) in [6.07, 6.45) is -3.15. The molecule has 3 rings (SSSR count). The molecule has 0 spiro atoms. The van der Waals surface area contributed by atoms with Crippen molar-refractivity contribution < 1.29 is 27.2 Å². The van der Waals surface area contributed by atoms with Crippen molar-refractivity contribution in [2.24, 2.45) is 5.92 Å². The lowest BCUT2D eigenvalue weighted by atomic mass is 9.85. The smallest absolute Gasteiger partial charge is 0.391 e. The molecule has 2 unspecified atom stereocenters. The maximum Gasteiger partial charge on any atom is 0.391 e. The Labute approximate surface area is 161 Å². The molecule has 2 atom stereocenters. The predicted octanol–water partition coefficient (Wildman–Crippen LogP) is 4.72. The fraction of sp³-hybridized carbons (Fsp3) is 0.500. The number of carbonyl (C=O) groups excluding carboxylic acids is 1. The topological polar surface area (TPSA) is 64.4 Å². The van der Waals surface area contributed by atoms with E-state index in [0.717, 1.165) is 11.3 Å². The highest BCUT2D eigenvalue weighted by Gasteiger charge is 2.42. The number of rotatable bonds is 5. The van der Waals surface area contributed by atoms with Gasteiger partial charge in [-0.2, -0.15) is 13.2 Å². The number of carbonyl (C=O) groups is 1. The third-order valence-corrected chi connectivity index (χ3v) is 5.13. The van der Waals surface area contributed by atoms with Crippen molar-refractivity contribution in [1.29, 1.82) is 0 Å². The number of nitrogens with zero attached hydrogens (tertiary/aromatic N) is 1. The molecule has 0 aliphatic heterocycles. The fourth-order valence-electron chi connectivity index (χ4n) is 3.48. The lowest BCUT2D eigenvalue weighted by Gasteiger charge is -2.31. The third-order valence-electron chi connectivity index (χ3n) is 5.13. The first-order valence-electron chi connectivity index (χ1n) is 9.26. The molecule has 0 saturated heterocycles. The van der Waals surface area contributed by atoms with E-state index in [-0.39, 0.29) is 19.4 Å². The van der Waals surface area contributed by atoms with Crippen LogP contribution in [0.3, 0.4) is 0 Å². The van der Waals surface area contributed by atoms with Gasteiger partial charge in [-0.3, -0.25) is 4.79 Å². The SMILES string of the molecule is Cc1noc(C)c1COc1cccc(C(=O)NC2CCCC(C(F)(F)F)C2)c1. The molecule has 1 saturated carbocycles. The molecule has 1 aliphatic carbocycles. The Balaban J connectivity index is 1.61. The van der Waals surface area contributed by atoms with Crippen molar-refractivity contribution >= 4 is 5.91 Å². The van der Waals surface area contributed by atoms with E-state index in [1.54, 1.807) is 31.2 Å². The first-order chi connectivity index (χ1) is 13.2. The zero-order valence-electron chi connectivity index (χ0n) is 15.8. The van der Waals surface area contributed by atoms with Crippen LogP contribution < -0.4 is 10.1 Å². The second kappa shape index (κ2) is 8.24. The number of alkyl halides is 3. The number of hydrogen-bond acceptors (Lipinski definition) is 4. The lowest BCUT2D eigenvalue weighted by molar-refractivity contribution is -0.183. The summed E-state index contributed by atoms with van der Waals surface area (Å²) in [4.78, 5) is 12.5. The molecule has 1 fully saturated rings. The predicted molar refractivity (Wildman–Crippen MR) is 96.0 cm³/mol. The maximum atomic E-state index is 12.9. The summed E-state index contributed by atoms with van der Waals surface area (Å²) >= 11 is 0. The number of aromatic nitrogens is 1.